The van der Waals surface area contributed by atoms with Crippen molar-refractivity contribution in [2.24, 2.45) is 0 Å². The zero-order valence-electron chi connectivity index (χ0n) is 6.92. The Bertz CT molecular complexity index is 339. The Morgan fingerprint density at radius 3 is 2.69 bits per heavy atom. The van der Waals surface area contributed by atoms with Crippen LogP contribution in [0.3, 0.4) is 0 Å². The van der Waals surface area contributed by atoms with Crippen molar-refractivity contribution in [3.63, 3.8) is 0 Å². The van der Waals surface area contributed by atoms with E-state index in [1.807, 2.05) is 0 Å². The summed E-state index contributed by atoms with van der Waals surface area (Å²) in [6.45, 7) is 1.53. The van der Waals surface area contributed by atoms with Crippen molar-refractivity contribution < 1.29 is 13.6 Å². The van der Waals surface area contributed by atoms with Crippen molar-refractivity contribution >= 4 is 12.1 Å². The average molecular weight is 186 g/mol. The maximum atomic E-state index is 12.2. The lowest BCUT2D eigenvalue weighted by Crippen LogP contribution is -2.03. The van der Waals surface area contributed by atoms with E-state index in [9.17, 15) is 13.6 Å². The molecule has 1 heterocycles. The minimum Gasteiger partial charge on any atom is -0.383 e. The van der Waals surface area contributed by atoms with Crippen LogP contribution in [0.2, 0.25) is 0 Å². The second-order valence-corrected chi connectivity index (χ2v) is 2.58. The number of aromatic nitrogens is 1. The summed E-state index contributed by atoms with van der Waals surface area (Å²) in [6.07, 6.45) is -2.17. The van der Waals surface area contributed by atoms with E-state index >= 15 is 0 Å². The van der Waals surface area contributed by atoms with Gasteiger partial charge in [0.2, 0.25) is 0 Å². The molecule has 0 unspecified atom stereocenters. The number of aldehydes is 1. The van der Waals surface area contributed by atoms with Gasteiger partial charge in [0.25, 0.3) is 6.43 Å². The first kappa shape index (κ1) is 9.57. The number of nitrogens with zero attached hydrogens (tertiary/aromatic N) is 1. The molecule has 0 atom stereocenters. The largest absolute Gasteiger partial charge is 0.383 e. The maximum Gasteiger partial charge on any atom is 0.267 e. The van der Waals surface area contributed by atoms with Crippen molar-refractivity contribution in [3.05, 3.63) is 22.9 Å². The topological polar surface area (TPSA) is 56.0 Å². The summed E-state index contributed by atoms with van der Waals surface area (Å²) >= 11 is 0. The van der Waals surface area contributed by atoms with Crippen molar-refractivity contribution in [2.75, 3.05) is 5.73 Å². The van der Waals surface area contributed by atoms with E-state index in [0.29, 0.717) is 11.8 Å². The Kier molecular flexibility index (Phi) is 2.55. The first-order valence-corrected chi connectivity index (χ1v) is 3.56. The van der Waals surface area contributed by atoms with Crippen LogP contribution in [-0.2, 0) is 0 Å². The number of carbonyl (C=O) groups excluding carboxylic acids is 1. The zero-order valence-corrected chi connectivity index (χ0v) is 6.92. The van der Waals surface area contributed by atoms with Crippen LogP contribution in [0.25, 0.3) is 0 Å². The summed E-state index contributed by atoms with van der Waals surface area (Å²) in [7, 11) is 0. The molecule has 0 aliphatic carbocycles. The Balaban J connectivity index is 3.28. The van der Waals surface area contributed by atoms with Crippen molar-refractivity contribution in [1.29, 1.82) is 0 Å². The lowest BCUT2D eigenvalue weighted by Gasteiger charge is -2.06. The molecule has 5 heteroatoms. The lowest BCUT2D eigenvalue weighted by molar-refractivity contribution is 0.111. The molecule has 0 spiro atoms. The third-order valence-electron chi connectivity index (χ3n) is 1.66. The van der Waals surface area contributed by atoms with Crippen LogP contribution in [0, 0.1) is 6.92 Å². The number of alkyl halides is 2. The van der Waals surface area contributed by atoms with E-state index in [1.54, 1.807) is 0 Å². The first-order chi connectivity index (χ1) is 6.06. The third-order valence-corrected chi connectivity index (χ3v) is 1.66. The van der Waals surface area contributed by atoms with E-state index in [0.717, 1.165) is 0 Å². The molecule has 2 N–H and O–H groups in total. The SMILES string of the molecule is Cc1cc(C(F)F)c(N)nc1C=O. The highest BCUT2D eigenvalue weighted by atomic mass is 19.3. The van der Waals surface area contributed by atoms with Crippen LogP contribution >= 0.6 is 0 Å². The van der Waals surface area contributed by atoms with Gasteiger partial charge in [0, 0.05) is 0 Å². The van der Waals surface area contributed by atoms with Crippen LogP contribution in [0.5, 0.6) is 0 Å². The number of nitrogen functional groups attached to an aromatic ring is 1. The summed E-state index contributed by atoms with van der Waals surface area (Å²) in [5, 5.41) is 0. The van der Waals surface area contributed by atoms with Gasteiger partial charge in [0.05, 0.1) is 5.56 Å². The summed E-state index contributed by atoms with van der Waals surface area (Å²) in [5.74, 6) is -0.289. The molecule has 1 aromatic heterocycles. The van der Waals surface area contributed by atoms with E-state index in [-0.39, 0.29) is 17.1 Å². The molecule has 13 heavy (non-hydrogen) atoms. The molecular weight excluding hydrogens is 178 g/mol. The highest BCUT2D eigenvalue weighted by Gasteiger charge is 2.14. The monoisotopic (exact) mass is 186 g/mol. The lowest BCUT2D eigenvalue weighted by atomic mass is 10.1. The molecule has 0 aliphatic heterocycles. The fourth-order valence-electron chi connectivity index (χ4n) is 0.958. The zero-order chi connectivity index (χ0) is 10.0. The van der Waals surface area contributed by atoms with Crippen LogP contribution in [-0.4, -0.2) is 11.3 Å². The molecule has 0 amide bonds. The van der Waals surface area contributed by atoms with Gasteiger partial charge in [-0.25, -0.2) is 13.8 Å². The number of hydrogen-bond acceptors (Lipinski definition) is 3. The quantitative estimate of drug-likeness (QED) is 0.715. The highest BCUT2D eigenvalue weighted by molar-refractivity contribution is 5.75. The summed E-state index contributed by atoms with van der Waals surface area (Å²) < 4.78 is 24.5. The number of pyridine rings is 1. The number of nitrogens with two attached hydrogens (primary N) is 1. The molecule has 70 valence electrons. The molecule has 3 nitrogen and oxygen atoms in total. The number of anilines is 1. The number of aryl methyl sites for hydroxylation is 1. The maximum absolute atomic E-state index is 12.2. The van der Waals surface area contributed by atoms with Crippen LogP contribution in [0.1, 0.15) is 28.0 Å². The highest BCUT2D eigenvalue weighted by Crippen LogP contribution is 2.24. The molecule has 0 aliphatic rings. The van der Waals surface area contributed by atoms with Crippen molar-refractivity contribution in [2.45, 2.75) is 13.3 Å². The number of carbonyl (C=O) groups is 1. The Hall–Kier alpha value is -1.52. The van der Waals surface area contributed by atoms with Gasteiger partial charge in [-0.15, -0.1) is 0 Å². The fourth-order valence-corrected chi connectivity index (χ4v) is 0.958. The summed E-state index contributed by atoms with van der Waals surface area (Å²) in [5.41, 5.74) is 5.39. The Labute approximate surface area is 73.6 Å². The number of halogens is 2. The van der Waals surface area contributed by atoms with Gasteiger partial charge in [0.15, 0.2) is 6.29 Å². The number of rotatable bonds is 2. The second-order valence-electron chi connectivity index (χ2n) is 2.58. The molecule has 0 saturated heterocycles. The van der Waals surface area contributed by atoms with Gasteiger partial charge in [0.1, 0.15) is 11.5 Å². The van der Waals surface area contributed by atoms with Crippen molar-refractivity contribution in [1.82, 2.24) is 4.98 Å². The van der Waals surface area contributed by atoms with Gasteiger partial charge < -0.3 is 5.73 Å². The first-order valence-electron chi connectivity index (χ1n) is 3.56. The predicted molar refractivity (Wildman–Crippen MR) is 43.7 cm³/mol. The molecular formula is C8H8F2N2O. The summed E-state index contributed by atoms with van der Waals surface area (Å²) in [4.78, 5) is 13.9. The third kappa shape index (κ3) is 1.80. The smallest absolute Gasteiger partial charge is 0.267 e. The average Bonchev–Trinajstić information content (AvgIpc) is 2.07. The van der Waals surface area contributed by atoms with Gasteiger partial charge >= 0.3 is 0 Å². The van der Waals surface area contributed by atoms with Gasteiger partial charge in [-0.2, -0.15) is 0 Å². The fraction of sp³-hybridized carbons (Fsp3) is 0.250. The minimum absolute atomic E-state index is 0.0990. The molecule has 0 fully saturated rings. The summed E-state index contributed by atoms with van der Waals surface area (Å²) in [6, 6.07) is 1.18. The van der Waals surface area contributed by atoms with Gasteiger partial charge in [-0.3, -0.25) is 4.79 Å². The molecule has 0 aromatic carbocycles. The number of hydrogen-bond donors (Lipinski definition) is 1. The minimum atomic E-state index is -2.66. The molecule has 1 rings (SSSR count). The van der Waals surface area contributed by atoms with E-state index in [4.69, 9.17) is 5.73 Å². The van der Waals surface area contributed by atoms with Crippen molar-refractivity contribution in [3.8, 4) is 0 Å². The molecule has 0 bridgehead atoms. The van der Waals surface area contributed by atoms with E-state index < -0.39 is 6.43 Å². The Morgan fingerprint density at radius 2 is 2.23 bits per heavy atom. The van der Waals surface area contributed by atoms with Crippen LogP contribution in [0.4, 0.5) is 14.6 Å². The van der Waals surface area contributed by atoms with Crippen LogP contribution in [0.15, 0.2) is 6.07 Å². The van der Waals surface area contributed by atoms with Gasteiger partial charge in [-0.05, 0) is 18.6 Å². The molecule has 0 saturated carbocycles. The standard InChI is InChI=1S/C8H8F2N2O/c1-4-2-5(7(9)10)8(11)12-6(4)3-13/h2-3,7H,1H3,(H2,11,12). The van der Waals surface area contributed by atoms with Crippen LogP contribution < -0.4 is 5.73 Å². The second kappa shape index (κ2) is 3.47. The predicted octanol–water partition coefficient (Wildman–Crippen LogP) is 1.72. The normalized spacial score (nSPS) is 10.5. The van der Waals surface area contributed by atoms with E-state index in [2.05, 4.69) is 4.98 Å². The molecule has 0 radical (unpaired) electrons. The Morgan fingerprint density at radius 1 is 1.62 bits per heavy atom. The van der Waals surface area contributed by atoms with Gasteiger partial charge in [-0.1, -0.05) is 0 Å². The van der Waals surface area contributed by atoms with E-state index in [1.165, 1.54) is 13.0 Å². The molecule has 1 aromatic rings.